The van der Waals surface area contributed by atoms with Crippen LogP contribution in [0.2, 0.25) is 0 Å². The first-order valence-corrected chi connectivity index (χ1v) is 3.36. The van der Waals surface area contributed by atoms with Crippen molar-refractivity contribution in [1.82, 2.24) is 0 Å². The maximum Gasteiger partial charge on any atom is 0.190 e. The third-order valence-electron chi connectivity index (χ3n) is 1.04. The fourth-order valence-corrected chi connectivity index (χ4v) is 1.49. The summed E-state index contributed by atoms with van der Waals surface area (Å²) in [6.45, 7) is 0. The minimum Gasteiger partial charge on any atom is -0.287 e. The van der Waals surface area contributed by atoms with E-state index in [-0.39, 0.29) is 11.0 Å². The lowest BCUT2D eigenvalue weighted by atomic mass is 10.1. The Bertz CT molecular complexity index is 149. The van der Waals surface area contributed by atoms with Crippen LogP contribution in [0.4, 0.5) is 0 Å². The fraction of sp³-hybridized carbons (Fsp3) is 0.600. The van der Waals surface area contributed by atoms with E-state index in [0.717, 1.165) is 0 Å². The Morgan fingerprint density at radius 3 is 2.88 bits per heavy atom. The van der Waals surface area contributed by atoms with E-state index in [9.17, 15) is 4.79 Å². The molecule has 0 aromatic rings. The quantitative estimate of drug-likeness (QED) is 0.483. The van der Waals surface area contributed by atoms with Crippen LogP contribution in [0, 0.1) is 17.2 Å². The molecule has 0 N–H and O–H groups in total. The maximum absolute atomic E-state index is 10.4. The molecule has 1 aliphatic heterocycles. The molecule has 3 heteroatoms. The number of rotatable bonds is 0. The van der Waals surface area contributed by atoms with Gasteiger partial charge in [-0.3, -0.25) is 4.79 Å². The van der Waals surface area contributed by atoms with E-state index in [1.54, 1.807) is 0 Å². The van der Waals surface area contributed by atoms with Gasteiger partial charge in [0.1, 0.15) is 0 Å². The average molecular weight is 127 g/mol. The average Bonchev–Trinajstić information content (AvgIpc) is 2.14. The summed E-state index contributed by atoms with van der Waals surface area (Å²) in [6.07, 6.45) is 0.459. The summed E-state index contributed by atoms with van der Waals surface area (Å²) in [6, 6.07) is 2.05. The van der Waals surface area contributed by atoms with Crippen LogP contribution < -0.4 is 0 Å². The first-order valence-electron chi connectivity index (χ1n) is 2.38. The fourth-order valence-electron chi connectivity index (χ4n) is 0.595. The number of hydrogen-bond donors (Lipinski definition) is 0. The molecule has 1 unspecified atom stereocenters. The van der Waals surface area contributed by atoms with Crippen LogP contribution in [0.5, 0.6) is 0 Å². The van der Waals surface area contributed by atoms with Crippen molar-refractivity contribution in [3.8, 4) is 6.07 Å². The van der Waals surface area contributed by atoms with Crippen molar-refractivity contribution < 1.29 is 4.79 Å². The zero-order chi connectivity index (χ0) is 5.98. The van der Waals surface area contributed by atoms with Crippen molar-refractivity contribution in [3.63, 3.8) is 0 Å². The van der Waals surface area contributed by atoms with Crippen LogP contribution in [0.1, 0.15) is 6.42 Å². The first kappa shape index (κ1) is 5.64. The molecule has 0 saturated carbocycles. The molecule has 2 nitrogen and oxygen atoms in total. The Morgan fingerprint density at radius 2 is 2.62 bits per heavy atom. The van der Waals surface area contributed by atoms with Crippen LogP contribution >= 0.6 is 11.8 Å². The van der Waals surface area contributed by atoms with E-state index in [1.807, 2.05) is 0 Å². The van der Waals surface area contributed by atoms with E-state index >= 15 is 0 Å². The second kappa shape index (κ2) is 2.19. The first-order chi connectivity index (χ1) is 3.83. The molecule has 0 bridgehead atoms. The number of hydrogen-bond acceptors (Lipinski definition) is 3. The van der Waals surface area contributed by atoms with Crippen molar-refractivity contribution in [3.05, 3.63) is 0 Å². The van der Waals surface area contributed by atoms with Gasteiger partial charge in [-0.1, -0.05) is 11.8 Å². The summed E-state index contributed by atoms with van der Waals surface area (Å²) in [7, 11) is 0. The number of nitriles is 1. The smallest absolute Gasteiger partial charge is 0.190 e. The standard InChI is InChI=1S/C5H5NOS/c6-2-4-1-5(7)8-3-4/h4H,1,3H2. The van der Waals surface area contributed by atoms with Crippen molar-refractivity contribution in [2.75, 3.05) is 5.75 Å². The molecule has 0 radical (unpaired) electrons. The second-order valence-electron chi connectivity index (χ2n) is 1.71. The summed E-state index contributed by atoms with van der Waals surface area (Å²) < 4.78 is 0. The molecule has 8 heavy (non-hydrogen) atoms. The summed E-state index contributed by atoms with van der Waals surface area (Å²) in [5, 5.41) is 8.43. The van der Waals surface area contributed by atoms with Crippen molar-refractivity contribution in [2.45, 2.75) is 6.42 Å². The molecule has 1 heterocycles. The van der Waals surface area contributed by atoms with Gasteiger partial charge in [0.25, 0.3) is 0 Å². The van der Waals surface area contributed by atoms with E-state index < -0.39 is 0 Å². The molecule has 0 aromatic carbocycles. The van der Waals surface area contributed by atoms with Gasteiger partial charge in [-0.05, 0) is 0 Å². The Kier molecular flexibility index (Phi) is 1.54. The number of carbonyl (C=O) groups excluding carboxylic acids is 1. The molecule has 1 fully saturated rings. The van der Waals surface area contributed by atoms with Crippen LogP contribution in [-0.2, 0) is 4.79 Å². The summed E-state index contributed by atoms with van der Waals surface area (Å²) in [5.74, 6) is 0.697. The van der Waals surface area contributed by atoms with E-state index in [2.05, 4.69) is 6.07 Å². The monoisotopic (exact) mass is 127 g/mol. The van der Waals surface area contributed by atoms with Gasteiger partial charge in [-0.15, -0.1) is 0 Å². The van der Waals surface area contributed by atoms with Gasteiger partial charge in [0, 0.05) is 12.2 Å². The lowest BCUT2D eigenvalue weighted by molar-refractivity contribution is -0.110. The highest BCUT2D eigenvalue weighted by Gasteiger charge is 2.21. The highest BCUT2D eigenvalue weighted by Crippen LogP contribution is 2.23. The molecule has 42 valence electrons. The number of thioether (sulfide) groups is 1. The lowest BCUT2D eigenvalue weighted by Gasteiger charge is -1.85. The SMILES string of the molecule is N#CC1CSC(=O)C1. The predicted octanol–water partition coefficient (Wildman–Crippen LogP) is 0.790. The van der Waals surface area contributed by atoms with Crippen LogP contribution in [0.15, 0.2) is 0 Å². The maximum atomic E-state index is 10.4. The normalized spacial score (nSPS) is 27.9. The largest absolute Gasteiger partial charge is 0.287 e. The molecule has 0 aliphatic carbocycles. The molecule has 1 rings (SSSR count). The van der Waals surface area contributed by atoms with Gasteiger partial charge < -0.3 is 0 Å². The van der Waals surface area contributed by atoms with Crippen molar-refractivity contribution in [2.24, 2.45) is 5.92 Å². The van der Waals surface area contributed by atoms with E-state index in [0.29, 0.717) is 12.2 Å². The highest BCUT2D eigenvalue weighted by molar-refractivity contribution is 8.14. The Hall–Kier alpha value is -0.490. The summed E-state index contributed by atoms with van der Waals surface area (Å²) >= 11 is 1.27. The number of carbonyl (C=O) groups is 1. The van der Waals surface area contributed by atoms with Crippen molar-refractivity contribution in [1.29, 1.82) is 5.26 Å². The molecule has 1 aliphatic rings. The van der Waals surface area contributed by atoms with Gasteiger partial charge in [0.2, 0.25) is 0 Å². The zero-order valence-electron chi connectivity index (χ0n) is 4.26. The topological polar surface area (TPSA) is 40.9 Å². The zero-order valence-corrected chi connectivity index (χ0v) is 5.07. The molecule has 0 amide bonds. The Labute approximate surface area is 51.9 Å². The lowest BCUT2D eigenvalue weighted by Crippen LogP contribution is -1.91. The minimum absolute atomic E-state index is 0.00694. The third-order valence-corrected chi connectivity index (χ3v) is 2.10. The van der Waals surface area contributed by atoms with Gasteiger partial charge in [0.15, 0.2) is 5.12 Å². The van der Waals surface area contributed by atoms with Crippen LogP contribution in [-0.4, -0.2) is 10.9 Å². The molecule has 0 spiro atoms. The third kappa shape index (κ3) is 1.01. The Balaban J connectivity index is 2.47. The molecular weight excluding hydrogens is 122 g/mol. The highest BCUT2D eigenvalue weighted by atomic mass is 32.2. The minimum atomic E-state index is -0.00694. The Morgan fingerprint density at radius 1 is 1.88 bits per heavy atom. The summed E-state index contributed by atoms with van der Waals surface area (Å²) in [4.78, 5) is 10.4. The molecule has 0 aromatic heterocycles. The van der Waals surface area contributed by atoms with Gasteiger partial charge in [0.05, 0.1) is 12.0 Å². The molecule has 1 atom stereocenters. The van der Waals surface area contributed by atoms with Crippen molar-refractivity contribution >= 4 is 16.9 Å². The van der Waals surface area contributed by atoms with E-state index in [4.69, 9.17) is 5.26 Å². The molecule has 1 saturated heterocycles. The summed E-state index contributed by atoms with van der Waals surface area (Å²) in [5.41, 5.74) is 0. The van der Waals surface area contributed by atoms with Crippen LogP contribution in [0.25, 0.3) is 0 Å². The number of nitrogens with zero attached hydrogens (tertiary/aromatic N) is 1. The second-order valence-corrected chi connectivity index (χ2v) is 2.79. The molecular formula is C5H5NOS. The van der Waals surface area contributed by atoms with Gasteiger partial charge >= 0.3 is 0 Å². The van der Waals surface area contributed by atoms with Gasteiger partial charge in [-0.25, -0.2) is 0 Å². The van der Waals surface area contributed by atoms with Gasteiger partial charge in [-0.2, -0.15) is 5.26 Å². The predicted molar refractivity (Wildman–Crippen MR) is 31.2 cm³/mol. The van der Waals surface area contributed by atoms with Crippen LogP contribution in [0.3, 0.4) is 0 Å². The van der Waals surface area contributed by atoms with E-state index in [1.165, 1.54) is 11.8 Å².